The van der Waals surface area contributed by atoms with Gasteiger partial charge in [0.15, 0.2) is 0 Å². The van der Waals surface area contributed by atoms with E-state index in [0.29, 0.717) is 6.54 Å². The van der Waals surface area contributed by atoms with Gasteiger partial charge in [-0.3, -0.25) is 4.79 Å². The van der Waals surface area contributed by atoms with E-state index in [1.165, 1.54) is 11.3 Å². The number of nitrogens with two attached hydrogens (primary N) is 1. The lowest BCUT2D eigenvalue weighted by Crippen LogP contribution is -2.45. The normalized spacial score (nSPS) is 19.2. The summed E-state index contributed by atoms with van der Waals surface area (Å²) in [7, 11) is 0. The summed E-state index contributed by atoms with van der Waals surface area (Å²) >= 11 is 1.41. The second-order valence-corrected chi connectivity index (χ2v) is 4.78. The van der Waals surface area contributed by atoms with E-state index in [-0.39, 0.29) is 36.8 Å². The van der Waals surface area contributed by atoms with Crippen LogP contribution in [0.15, 0.2) is 5.51 Å². The van der Waals surface area contributed by atoms with Crippen molar-refractivity contribution in [2.45, 2.75) is 25.8 Å². The maximum Gasteiger partial charge on any atom is 0.265 e. The average Bonchev–Trinajstić information content (AvgIpc) is 2.63. The first-order chi connectivity index (χ1) is 7.18. The number of halogens is 2. The van der Waals surface area contributed by atoms with E-state index in [4.69, 9.17) is 5.73 Å². The molecule has 0 aliphatic carbocycles. The fourth-order valence-electron chi connectivity index (χ4n) is 1.85. The number of aryl methyl sites for hydroxylation is 1. The third-order valence-corrected chi connectivity index (χ3v) is 3.60. The summed E-state index contributed by atoms with van der Waals surface area (Å²) < 4.78 is 0. The maximum absolute atomic E-state index is 12.1. The lowest BCUT2D eigenvalue weighted by molar-refractivity contribution is 0.0713. The molecule has 1 atom stereocenters. The average molecular weight is 298 g/mol. The van der Waals surface area contributed by atoms with Gasteiger partial charge in [0.25, 0.3) is 5.91 Å². The first-order valence-corrected chi connectivity index (χ1v) is 6.01. The van der Waals surface area contributed by atoms with Gasteiger partial charge in [0.05, 0.1) is 11.2 Å². The monoisotopic (exact) mass is 297 g/mol. The molecule has 2 rings (SSSR count). The van der Waals surface area contributed by atoms with Gasteiger partial charge in [-0.25, -0.2) is 4.98 Å². The number of rotatable bonds is 1. The highest BCUT2D eigenvalue weighted by Gasteiger charge is 2.24. The van der Waals surface area contributed by atoms with Gasteiger partial charge in [0.2, 0.25) is 0 Å². The Morgan fingerprint density at radius 1 is 1.59 bits per heavy atom. The number of piperidine rings is 1. The molecular weight excluding hydrogens is 281 g/mol. The summed E-state index contributed by atoms with van der Waals surface area (Å²) in [5.74, 6) is 0.0881. The third kappa shape index (κ3) is 3.81. The van der Waals surface area contributed by atoms with Crippen LogP contribution in [0.5, 0.6) is 0 Å². The summed E-state index contributed by atoms with van der Waals surface area (Å²) in [4.78, 5) is 18.8. The quantitative estimate of drug-likeness (QED) is 0.861. The number of nitrogens with zero attached hydrogens (tertiary/aromatic N) is 2. The van der Waals surface area contributed by atoms with Crippen molar-refractivity contribution in [3.63, 3.8) is 0 Å². The summed E-state index contributed by atoms with van der Waals surface area (Å²) in [5, 5.41) is 0. The van der Waals surface area contributed by atoms with Gasteiger partial charge in [0, 0.05) is 19.1 Å². The van der Waals surface area contributed by atoms with E-state index >= 15 is 0 Å². The highest BCUT2D eigenvalue weighted by molar-refractivity contribution is 7.11. The molecule has 1 aliphatic heterocycles. The fraction of sp³-hybridized carbons (Fsp3) is 0.600. The van der Waals surface area contributed by atoms with Crippen molar-refractivity contribution in [2.75, 3.05) is 13.1 Å². The number of amides is 1. The Bertz CT molecular complexity index is 372. The Hall–Kier alpha value is -0.360. The Morgan fingerprint density at radius 2 is 2.29 bits per heavy atom. The van der Waals surface area contributed by atoms with Gasteiger partial charge in [-0.15, -0.1) is 36.2 Å². The van der Waals surface area contributed by atoms with Gasteiger partial charge in [0.1, 0.15) is 4.88 Å². The topological polar surface area (TPSA) is 59.2 Å². The van der Waals surface area contributed by atoms with Crippen molar-refractivity contribution in [2.24, 2.45) is 5.73 Å². The predicted molar refractivity (Wildman–Crippen MR) is 74.5 cm³/mol. The lowest BCUT2D eigenvalue weighted by atomic mass is 10.1. The molecule has 98 valence electrons. The molecule has 0 radical (unpaired) electrons. The molecule has 4 nitrogen and oxygen atoms in total. The number of likely N-dealkylation sites (tertiary alicyclic amines) is 1. The van der Waals surface area contributed by atoms with Crippen LogP contribution in [0, 0.1) is 6.92 Å². The van der Waals surface area contributed by atoms with Gasteiger partial charge < -0.3 is 10.6 Å². The molecule has 1 fully saturated rings. The molecule has 2 heterocycles. The molecule has 1 aromatic heterocycles. The van der Waals surface area contributed by atoms with Crippen LogP contribution < -0.4 is 5.73 Å². The molecule has 1 saturated heterocycles. The molecule has 17 heavy (non-hydrogen) atoms. The summed E-state index contributed by atoms with van der Waals surface area (Å²) in [6.07, 6.45) is 2.02. The predicted octanol–water partition coefficient (Wildman–Crippen LogP) is 1.86. The van der Waals surface area contributed by atoms with Crippen LogP contribution >= 0.6 is 36.2 Å². The molecular formula is C10H17Cl2N3OS. The van der Waals surface area contributed by atoms with Crippen LogP contribution in [0.1, 0.15) is 28.2 Å². The van der Waals surface area contributed by atoms with Crippen molar-refractivity contribution in [1.29, 1.82) is 0 Å². The number of thiazole rings is 1. The SMILES string of the molecule is Cc1ncsc1C(=O)N1CCCC(N)C1.Cl.Cl. The zero-order chi connectivity index (χ0) is 10.8. The molecule has 1 aliphatic rings. The molecule has 0 bridgehead atoms. The largest absolute Gasteiger partial charge is 0.336 e. The Kier molecular flexibility index (Phi) is 7.01. The van der Waals surface area contributed by atoms with Crippen molar-refractivity contribution in [1.82, 2.24) is 9.88 Å². The minimum absolute atomic E-state index is 0. The Balaban J connectivity index is 0.00000128. The fourth-order valence-corrected chi connectivity index (χ4v) is 2.61. The van der Waals surface area contributed by atoms with E-state index < -0.39 is 0 Å². The van der Waals surface area contributed by atoms with Crippen molar-refractivity contribution in [3.8, 4) is 0 Å². The Morgan fingerprint density at radius 3 is 2.82 bits per heavy atom. The van der Waals surface area contributed by atoms with Crippen molar-refractivity contribution < 1.29 is 4.79 Å². The molecule has 1 amide bonds. The molecule has 1 unspecified atom stereocenters. The summed E-state index contributed by atoms with van der Waals surface area (Å²) in [6, 6.07) is 0.135. The van der Waals surface area contributed by atoms with E-state index in [0.717, 1.165) is 30.0 Å². The summed E-state index contributed by atoms with van der Waals surface area (Å²) in [6.45, 7) is 3.37. The van der Waals surface area contributed by atoms with E-state index in [1.807, 2.05) is 11.8 Å². The van der Waals surface area contributed by atoms with Crippen molar-refractivity contribution >= 4 is 42.1 Å². The van der Waals surface area contributed by atoms with Crippen LogP contribution in [0.3, 0.4) is 0 Å². The molecule has 0 saturated carbocycles. The first kappa shape index (κ1) is 16.6. The molecule has 0 spiro atoms. The van der Waals surface area contributed by atoms with Gasteiger partial charge in [-0.1, -0.05) is 0 Å². The smallest absolute Gasteiger partial charge is 0.265 e. The van der Waals surface area contributed by atoms with Crippen LogP contribution in [-0.2, 0) is 0 Å². The third-order valence-electron chi connectivity index (χ3n) is 2.68. The van der Waals surface area contributed by atoms with Gasteiger partial charge in [-0.05, 0) is 19.8 Å². The van der Waals surface area contributed by atoms with Crippen LogP contribution in [-0.4, -0.2) is 34.9 Å². The van der Waals surface area contributed by atoms with Crippen LogP contribution in [0.4, 0.5) is 0 Å². The second-order valence-electron chi connectivity index (χ2n) is 3.92. The minimum atomic E-state index is 0. The van der Waals surface area contributed by atoms with Crippen LogP contribution in [0.2, 0.25) is 0 Å². The maximum atomic E-state index is 12.1. The second kappa shape index (κ2) is 7.16. The molecule has 1 aromatic rings. The zero-order valence-electron chi connectivity index (χ0n) is 9.59. The van der Waals surface area contributed by atoms with E-state index in [2.05, 4.69) is 4.98 Å². The minimum Gasteiger partial charge on any atom is -0.336 e. The number of hydrogen-bond donors (Lipinski definition) is 1. The van der Waals surface area contributed by atoms with Gasteiger partial charge in [-0.2, -0.15) is 0 Å². The highest BCUT2D eigenvalue weighted by atomic mass is 35.5. The standard InChI is InChI=1S/C10H15N3OS.2ClH/c1-7-9(15-6-12-7)10(14)13-4-2-3-8(11)5-13;;/h6,8H,2-5,11H2,1H3;2*1H. The van der Waals surface area contributed by atoms with E-state index in [9.17, 15) is 4.79 Å². The number of aromatic nitrogens is 1. The number of carbonyl (C=O) groups is 1. The lowest BCUT2D eigenvalue weighted by Gasteiger charge is -2.30. The highest BCUT2D eigenvalue weighted by Crippen LogP contribution is 2.18. The van der Waals surface area contributed by atoms with Crippen molar-refractivity contribution in [3.05, 3.63) is 16.1 Å². The Labute approximate surface area is 117 Å². The molecule has 0 aromatic carbocycles. The molecule has 2 N–H and O–H groups in total. The summed E-state index contributed by atoms with van der Waals surface area (Å²) in [5.41, 5.74) is 8.39. The molecule has 7 heteroatoms. The zero-order valence-corrected chi connectivity index (χ0v) is 12.0. The van der Waals surface area contributed by atoms with Gasteiger partial charge >= 0.3 is 0 Å². The first-order valence-electron chi connectivity index (χ1n) is 5.13. The van der Waals surface area contributed by atoms with Crippen LogP contribution in [0.25, 0.3) is 0 Å². The number of hydrogen-bond acceptors (Lipinski definition) is 4. The number of carbonyl (C=O) groups excluding carboxylic acids is 1. The van der Waals surface area contributed by atoms with E-state index in [1.54, 1.807) is 5.51 Å².